The van der Waals surface area contributed by atoms with Crippen molar-refractivity contribution in [3.63, 3.8) is 0 Å². The Labute approximate surface area is 258 Å². The normalized spacial score (nSPS) is 15.6. The van der Waals surface area contributed by atoms with E-state index >= 15 is 0 Å². The summed E-state index contributed by atoms with van der Waals surface area (Å²) in [6.07, 6.45) is -2.00. The summed E-state index contributed by atoms with van der Waals surface area (Å²) in [7, 11) is 0. The fraction of sp³-hybridized carbons (Fsp3) is 0.680. The zero-order valence-corrected chi connectivity index (χ0v) is 25.4. The van der Waals surface area contributed by atoms with E-state index in [1.807, 2.05) is 24.5 Å². The molecule has 0 fully saturated rings. The largest absolute Gasteiger partial charge is 0.480 e. The Morgan fingerprint density at radius 3 is 1.64 bits per heavy atom. The van der Waals surface area contributed by atoms with Gasteiger partial charge >= 0.3 is 5.97 Å². The molecule has 7 atom stereocenters. The van der Waals surface area contributed by atoms with E-state index in [0.717, 1.165) is 6.92 Å². The Bertz CT molecular complexity index is 1090. The quantitative estimate of drug-likeness (QED) is 0.0585. The summed E-state index contributed by atoms with van der Waals surface area (Å²) in [5.41, 5.74) is 10.9. The Kier molecular flexibility index (Phi) is 17.9. The first-order valence-electron chi connectivity index (χ1n) is 13.8. The van der Waals surface area contributed by atoms with Crippen molar-refractivity contribution in [3.05, 3.63) is 0 Å². The number of carboxylic acid groups (broad SMARTS) is 1. The molecule has 0 aromatic heterocycles. The second kappa shape index (κ2) is 19.8. The smallest absolute Gasteiger partial charge is 0.328 e. The number of carboxylic acids is 1. The number of aliphatic carboxylic acids is 1. The molecule has 0 aliphatic heterocycles. The molecule has 0 radical (unpaired) electrons. The number of rotatable bonds is 20. The Hall–Kier alpha value is -4.40. The standard InChI is InChI=1S/C25H44N8O12/c1-10(2)5-13(26)21(40)31-15(8-34)22(41)28-7-18(38)29-11(3)20(39)30-14(6-17(27)37)23(42)32-16(9-35)24(43)33-19(12(4)36)25(44)45/h10-16,19,34-36H,5-9,26H2,1-4H3,(H2,27,37)(H,28,41)(H,29,38)(H,30,39)(H,31,40)(H,32,42)(H,33,43)(H,44,45)/t11-,12+,13-,14-,15-,16-,19-/m0/s1. The number of aliphatic hydroxyl groups excluding tert-OH is 3. The van der Waals surface area contributed by atoms with Crippen molar-refractivity contribution in [2.45, 2.75) is 82.9 Å². The van der Waals surface area contributed by atoms with Crippen LogP contribution in [0.1, 0.15) is 40.5 Å². The lowest BCUT2D eigenvalue weighted by Crippen LogP contribution is -2.60. The summed E-state index contributed by atoms with van der Waals surface area (Å²) in [6.45, 7) is 3.42. The van der Waals surface area contributed by atoms with Crippen LogP contribution in [0, 0.1) is 5.92 Å². The predicted octanol–water partition coefficient (Wildman–Crippen LogP) is -6.75. The maximum atomic E-state index is 12.7. The maximum absolute atomic E-state index is 12.7. The fourth-order valence-electron chi connectivity index (χ4n) is 3.55. The van der Waals surface area contributed by atoms with Crippen LogP contribution in [0.15, 0.2) is 0 Å². The predicted molar refractivity (Wildman–Crippen MR) is 153 cm³/mol. The average molecular weight is 649 g/mol. The van der Waals surface area contributed by atoms with Gasteiger partial charge in [-0.15, -0.1) is 0 Å². The molecule has 0 aliphatic rings. The number of amides is 7. The topological polar surface area (TPSA) is 342 Å². The molecular weight excluding hydrogens is 604 g/mol. The van der Waals surface area contributed by atoms with Crippen molar-refractivity contribution in [1.82, 2.24) is 31.9 Å². The van der Waals surface area contributed by atoms with Crippen molar-refractivity contribution in [2.75, 3.05) is 19.8 Å². The molecule has 45 heavy (non-hydrogen) atoms. The van der Waals surface area contributed by atoms with Crippen LogP contribution < -0.4 is 43.4 Å². The highest BCUT2D eigenvalue weighted by molar-refractivity contribution is 5.97. The van der Waals surface area contributed by atoms with Crippen LogP contribution in [-0.4, -0.2) is 130 Å². The van der Waals surface area contributed by atoms with Gasteiger partial charge in [-0.2, -0.15) is 0 Å². The van der Waals surface area contributed by atoms with E-state index in [0.29, 0.717) is 6.42 Å². The number of nitrogens with two attached hydrogens (primary N) is 2. The second-order valence-corrected chi connectivity index (χ2v) is 10.5. The Morgan fingerprint density at radius 2 is 1.18 bits per heavy atom. The zero-order valence-electron chi connectivity index (χ0n) is 25.4. The average Bonchev–Trinajstić information content (AvgIpc) is 2.94. The summed E-state index contributed by atoms with van der Waals surface area (Å²) in [6, 6.07) is -8.95. The van der Waals surface area contributed by atoms with Gasteiger partial charge in [0.1, 0.15) is 24.2 Å². The molecule has 0 saturated heterocycles. The first-order valence-corrected chi connectivity index (χ1v) is 13.8. The molecule has 0 bridgehead atoms. The molecule has 0 aromatic carbocycles. The number of carbonyl (C=O) groups excluding carboxylic acids is 7. The van der Waals surface area contributed by atoms with Crippen molar-refractivity contribution in [3.8, 4) is 0 Å². The Morgan fingerprint density at radius 1 is 0.689 bits per heavy atom. The van der Waals surface area contributed by atoms with Crippen molar-refractivity contribution >= 4 is 47.3 Å². The number of hydrogen-bond acceptors (Lipinski definition) is 12. The molecule has 7 amide bonds. The van der Waals surface area contributed by atoms with Crippen LogP contribution in [0.4, 0.5) is 0 Å². The minimum atomic E-state index is -1.78. The highest BCUT2D eigenvalue weighted by Gasteiger charge is 2.32. The summed E-state index contributed by atoms with van der Waals surface area (Å²) in [5.74, 6) is -8.47. The van der Waals surface area contributed by atoms with Crippen molar-refractivity contribution in [1.29, 1.82) is 0 Å². The summed E-state index contributed by atoms with van der Waals surface area (Å²) >= 11 is 0. The van der Waals surface area contributed by atoms with E-state index in [4.69, 9.17) is 16.6 Å². The summed E-state index contributed by atoms with van der Waals surface area (Å²) in [5, 5.41) is 50.4. The first kappa shape index (κ1) is 40.6. The number of primary amides is 1. The summed E-state index contributed by atoms with van der Waals surface area (Å²) in [4.78, 5) is 97.3. The van der Waals surface area contributed by atoms with Crippen LogP contribution >= 0.6 is 0 Å². The van der Waals surface area contributed by atoms with Gasteiger partial charge in [0.05, 0.1) is 38.3 Å². The third-order valence-electron chi connectivity index (χ3n) is 5.97. The molecule has 20 nitrogen and oxygen atoms in total. The van der Waals surface area contributed by atoms with Gasteiger partial charge in [-0.3, -0.25) is 33.6 Å². The minimum Gasteiger partial charge on any atom is -0.480 e. The maximum Gasteiger partial charge on any atom is 0.328 e. The van der Waals surface area contributed by atoms with Gasteiger partial charge in [0.15, 0.2) is 6.04 Å². The van der Waals surface area contributed by atoms with Crippen LogP contribution in [0.5, 0.6) is 0 Å². The van der Waals surface area contributed by atoms with Gasteiger partial charge in [-0.1, -0.05) is 13.8 Å². The van der Waals surface area contributed by atoms with Gasteiger partial charge < -0.3 is 63.8 Å². The molecule has 0 aliphatic carbocycles. The molecule has 20 heteroatoms. The highest BCUT2D eigenvalue weighted by atomic mass is 16.4. The molecule has 0 rings (SSSR count). The van der Waals surface area contributed by atoms with Crippen LogP contribution in [0.25, 0.3) is 0 Å². The lowest BCUT2D eigenvalue weighted by molar-refractivity contribution is -0.145. The van der Waals surface area contributed by atoms with Crippen LogP contribution in [-0.2, 0) is 38.4 Å². The van der Waals surface area contributed by atoms with Gasteiger partial charge in [0.2, 0.25) is 41.4 Å². The lowest BCUT2D eigenvalue weighted by atomic mass is 10.0. The first-order chi connectivity index (χ1) is 20.8. The minimum absolute atomic E-state index is 0.0921. The molecule has 0 saturated carbocycles. The SMILES string of the molecule is CC(C)C[C@H](N)C(=O)N[C@@H](CO)C(=O)NCC(=O)N[C@@H](C)C(=O)N[C@@H](CC(N)=O)C(=O)N[C@@H](CO)C(=O)N[C@H](C(=O)O)[C@@H](C)O. The number of nitrogens with one attached hydrogen (secondary N) is 6. The van der Waals surface area contributed by atoms with E-state index in [-0.39, 0.29) is 5.92 Å². The van der Waals surface area contributed by atoms with E-state index < -0.39 is 116 Å². The highest BCUT2D eigenvalue weighted by Crippen LogP contribution is 2.03. The number of aliphatic hydroxyl groups is 3. The lowest BCUT2D eigenvalue weighted by Gasteiger charge is -2.24. The van der Waals surface area contributed by atoms with E-state index in [1.54, 1.807) is 0 Å². The molecule has 0 unspecified atom stereocenters. The van der Waals surface area contributed by atoms with Gasteiger partial charge in [-0.25, -0.2) is 4.79 Å². The zero-order chi connectivity index (χ0) is 35.0. The number of carbonyl (C=O) groups is 8. The summed E-state index contributed by atoms with van der Waals surface area (Å²) < 4.78 is 0. The third kappa shape index (κ3) is 15.2. The number of hydrogen-bond donors (Lipinski definition) is 12. The fourth-order valence-corrected chi connectivity index (χ4v) is 3.55. The molecule has 0 spiro atoms. The Balaban J connectivity index is 5.21. The third-order valence-corrected chi connectivity index (χ3v) is 5.97. The van der Waals surface area contributed by atoms with Crippen LogP contribution in [0.2, 0.25) is 0 Å². The monoisotopic (exact) mass is 648 g/mol. The molecular formula is C25H44N8O12. The van der Waals surface area contributed by atoms with E-state index in [2.05, 4.69) is 21.3 Å². The molecule has 0 heterocycles. The van der Waals surface area contributed by atoms with Crippen LogP contribution in [0.3, 0.4) is 0 Å². The van der Waals surface area contributed by atoms with Gasteiger partial charge in [0, 0.05) is 0 Å². The van der Waals surface area contributed by atoms with Gasteiger partial charge in [-0.05, 0) is 26.2 Å². The molecule has 256 valence electrons. The second-order valence-electron chi connectivity index (χ2n) is 10.5. The van der Waals surface area contributed by atoms with Gasteiger partial charge in [0.25, 0.3) is 0 Å². The van der Waals surface area contributed by atoms with E-state index in [9.17, 15) is 53.7 Å². The molecule has 14 N–H and O–H groups in total. The molecule has 0 aromatic rings. The van der Waals surface area contributed by atoms with E-state index in [1.165, 1.54) is 6.92 Å². The van der Waals surface area contributed by atoms with Crippen molar-refractivity contribution in [2.24, 2.45) is 17.4 Å². The van der Waals surface area contributed by atoms with Crippen molar-refractivity contribution < 1.29 is 58.8 Å².